The van der Waals surface area contributed by atoms with Crippen molar-refractivity contribution < 1.29 is 18.0 Å². The molecule has 2 aliphatic rings. The molecule has 1 aliphatic carbocycles. The van der Waals surface area contributed by atoms with E-state index in [1.165, 1.54) is 17.4 Å². The van der Waals surface area contributed by atoms with E-state index in [2.05, 4.69) is 6.07 Å². The van der Waals surface area contributed by atoms with E-state index in [1.807, 2.05) is 31.4 Å². The summed E-state index contributed by atoms with van der Waals surface area (Å²) in [5.74, 6) is -0.205. The Morgan fingerprint density at radius 3 is 2.46 bits per heavy atom. The third-order valence-corrected chi connectivity index (χ3v) is 7.36. The van der Waals surface area contributed by atoms with Crippen LogP contribution in [0.4, 0.5) is 18.9 Å². The number of benzene rings is 1. The van der Waals surface area contributed by atoms with E-state index in [0.717, 1.165) is 17.0 Å². The van der Waals surface area contributed by atoms with Gasteiger partial charge < -0.3 is 4.57 Å². The number of allylic oxidation sites excluding steroid dienone is 3. The van der Waals surface area contributed by atoms with E-state index in [-0.39, 0.29) is 16.9 Å². The molecule has 0 fully saturated rings. The number of carbonyl (C=O) groups is 1. The number of ketones is 1. The second kappa shape index (κ2) is 8.28. The lowest BCUT2D eigenvalue weighted by molar-refractivity contribution is -0.137. The molecule has 0 spiro atoms. The maximum absolute atomic E-state index is 13.7. The zero-order valence-electron chi connectivity index (χ0n) is 19.1. The van der Waals surface area contributed by atoms with Crippen LogP contribution in [-0.2, 0) is 11.0 Å². The van der Waals surface area contributed by atoms with Crippen LogP contribution < -0.4 is 4.90 Å². The van der Waals surface area contributed by atoms with Gasteiger partial charge in [-0.05, 0) is 53.6 Å². The molecule has 0 amide bonds. The van der Waals surface area contributed by atoms with Crippen molar-refractivity contribution >= 4 is 28.6 Å². The van der Waals surface area contributed by atoms with Crippen molar-refractivity contribution in [2.24, 2.45) is 5.41 Å². The number of carbonyl (C=O) groups excluding carboxylic acids is 1. The summed E-state index contributed by atoms with van der Waals surface area (Å²) in [6.45, 7) is 3.97. The van der Waals surface area contributed by atoms with Gasteiger partial charge in [-0.25, -0.2) is 0 Å². The van der Waals surface area contributed by atoms with Crippen molar-refractivity contribution in [2.45, 2.75) is 38.8 Å². The lowest BCUT2D eigenvalue weighted by Gasteiger charge is -2.44. The van der Waals surface area contributed by atoms with Gasteiger partial charge in [0, 0.05) is 40.6 Å². The summed E-state index contributed by atoms with van der Waals surface area (Å²) in [7, 11) is 0. The number of anilines is 1. The molecule has 0 saturated carbocycles. The topological polar surface area (TPSA) is 49.0 Å². The molecule has 0 unspecified atom stereocenters. The second-order valence-electron chi connectivity index (χ2n) is 9.57. The summed E-state index contributed by atoms with van der Waals surface area (Å²) in [6, 6.07) is 14.7. The average Bonchev–Trinajstić information content (AvgIpc) is 3.50. The fraction of sp³-hybridized carbons (Fsp3) is 0.259. The van der Waals surface area contributed by atoms with Gasteiger partial charge in [0.2, 0.25) is 0 Å². The maximum atomic E-state index is 13.7. The normalized spacial score (nSPS) is 20.2. The van der Waals surface area contributed by atoms with E-state index < -0.39 is 17.7 Å². The van der Waals surface area contributed by atoms with Crippen LogP contribution in [0.5, 0.6) is 0 Å². The Morgan fingerprint density at radius 2 is 1.83 bits per heavy atom. The first kappa shape index (κ1) is 23.2. The zero-order valence-corrected chi connectivity index (χ0v) is 20.0. The van der Waals surface area contributed by atoms with Gasteiger partial charge in [0.1, 0.15) is 5.82 Å². The van der Waals surface area contributed by atoms with E-state index in [9.17, 15) is 23.2 Å². The third kappa shape index (κ3) is 4.00. The van der Waals surface area contributed by atoms with Crippen molar-refractivity contribution in [3.8, 4) is 6.07 Å². The van der Waals surface area contributed by atoms with Gasteiger partial charge in [0.25, 0.3) is 0 Å². The number of rotatable bonds is 3. The third-order valence-electron chi connectivity index (χ3n) is 6.43. The van der Waals surface area contributed by atoms with Crippen molar-refractivity contribution in [1.82, 2.24) is 4.57 Å². The van der Waals surface area contributed by atoms with Crippen LogP contribution in [0.3, 0.4) is 0 Å². The first-order valence-electron chi connectivity index (χ1n) is 11.2. The summed E-state index contributed by atoms with van der Waals surface area (Å²) in [4.78, 5) is 16.2. The van der Waals surface area contributed by atoms with E-state index in [4.69, 9.17) is 0 Å². The highest BCUT2D eigenvalue weighted by Gasteiger charge is 2.46. The molecule has 35 heavy (non-hydrogen) atoms. The highest BCUT2D eigenvalue weighted by atomic mass is 32.1. The molecule has 3 heterocycles. The molecular formula is C27H22F3N3OS. The minimum atomic E-state index is -4.53. The highest BCUT2D eigenvalue weighted by Crippen LogP contribution is 2.52. The number of halogens is 3. The zero-order chi connectivity index (χ0) is 25.0. The van der Waals surface area contributed by atoms with Crippen molar-refractivity contribution in [2.75, 3.05) is 4.90 Å². The number of nitrogens with zero attached hydrogens (tertiary/aromatic N) is 3. The standard InChI is InChI=1S/C27H22F3N3OS/c1-26(2)14-20-24(21(34)15-26)23(22-9-6-12-35-22)19(16-31)25(32-10-3-4-11-32)33(20)18-8-5-7-17(13-18)27(28,29)30/h3-13,23H,14-15H2,1-2H3/t23-/m0/s1. The quantitative estimate of drug-likeness (QED) is 0.387. The molecule has 3 aromatic rings. The minimum absolute atomic E-state index is 0.0778. The SMILES string of the molecule is CC1(C)CC(=O)C2=C(C1)N(c1cccc(C(F)(F)F)c1)C(n1cccc1)=C(C#N)[C@H]2c1cccs1. The Bertz CT molecular complexity index is 1390. The average molecular weight is 494 g/mol. The fourth-order valence-corrected chi connectivity index (χ4v) is 5.88. The Morgan fingerprint density at radius 1 is 1.09 bits per heavy atom. The second-order valence-corrected chi connectivity index (χ2v) is 10.6. The van der Waals surface area contributed by atoms with Crippen LogP contribution in [0.25, 0.3) is 5.82 Å². The van der Waals surface area contributed by atoms with Crippen molar-refractivity contribution in [3.05, 3.63) is 93.6 Å². The Balaban J connectivity index is 1.85. The number of nitriles is 1. The molecule has 5 rings (SSSR count). The van der Waals surface area contributed by atoms with Crippen LogP contribution in [-0.4, -0.2) is 10.4 Å². The molecule has 1 aliphatic heterocycles. The largest absolute Gasteiger partial charge is 0.416 e. The highest BCUT2D eigenvalue weighted by molar-refractivity contribution is 7.10. The monoisotopic (exact) mass is 493 g/mol. The summed E-state index contributed by atoms with van der Waals surface area (Å²) in [6.07, 6.45) is -0.211. The summed E-state index contributed by atoms with van der Waals surface area (Å²) >= 11 is 1.46. The Kier molecular flexibility index (Phi) is 5.48. The molecular weight excluding hydrogens is 471 g/mol. The van der Waals surface area contributed by atoms with E-state index in [1.54, 1.807) is 40.1 Å². The van der Waals surface area contributed by atoms with Crippen molar-refractivity contribution in [3.63, 3.8) is 0 Å². The lowest BCUT2D eigenvalue weighted by atomic mass is 9.69. The molecule has 8 heteroatoms. The van der Waals surface area contributed by atoms with Crippen molar-refractivity contribution in [1.29, 1.82) is 5.26 Å². The molecule has 0 N–H and O–H groups in total. The van der Waals surface area contributed by atoms with Crippen LogP contribution in [0.1, 0.15) is 43.0 Å². The lowest BCUT2D eigenvalue weighted by Crippen LogP contribution is -2.40. The first-order chi connectivity index (χ1) is 16.6. The number of alkyl halides is 3. The predicted molar refractivity (Wildman–Crippen MR) is 129 cm³/mol. The summed E-state index contributed by atoms with van der Waals surface area (Å²) in [5.41, 5.74) is 0.557. The Labute approximate surface area is 205 Å². The van der Waals surface area contributed by atoms with Gasteiger partial charge in [0.15, 0.2) is 5.78 Å². The van der Waals surface area contributed by atoms with Gasteiger partial charge in [-0.15, -0.1) is 11.3 Å². The number of hydrogen-bond donors (Lipinski definition) is 0. The number of hydrogen-bond acceptors (Lipinski definition) is 4. The van der Waals surface area contributed by atoms with Crippen LogP contribution in [0.15, 0.2) is 83.1 Å². The predicted octanol–water partition coefficient (Wildman–Crippen LogP) is 7.21. The van der Waals surface area contributed by atoms with Gasteiger partial charge in [-0.2, -0.15) is 18.4 Å². The molecule has 0 radical (unpaired) electrons. The molecule has 0 saturated heterocycles. The minimum Gasteiger partial charge on any atom is -0.309 e. The van der Waals surface area contributed by atoms with E-state index in [0.29, 0.717) is 35.5 Å². The molecule has 178 valence electrons. The molecule has 1 atom stereocenters. The first-order valence-corrected chi connectivity index (χ1v) is 12.0. The molecule has 0 bridgehead atoms. The molecule has 2 aromatic heterocycles. The van der Waals surface area contributed by atoms with Crippen LogP contribution >= 0.6 is 11.3 Å². The van der Waals surface area contributed by atoms with Gasteiger partial charge >= 0.3 is 6.18 Å². The fourth-order valence-electron chi connectivity index (χ4n) is 5.03. The molecule has 1 aromatic carbocycles. The smallest absolute Gasteiger partial charge is 0.309 e. The number of thiophene rings is 1. The Hall–Kier alpha value is -3.57. The van der Waals surface area contributed by atoms with Crippen LogP contribution in [0, 0.1) is 16.7 Å². The number of aromatic nitrogens is 1. The van der Waals surface area contributed by atoms with Gasteiger partial charge in [-0.1, -0.05) is 26.0 Å². The van der Waals surface area contributed by atoms with Gasteiger partial charge in [0.05, 0.1) is 23.1 Å². The summed E-state index contributed by atoms with van der Waals surface area (Å²) < 4.78 is 42.7. The maximum Gasteiger partial charge on any atom is 0.416 e. The van der Waals surface area contributed by atoms with Crippen LogP contribution in [0.2, 0.25) is 0 Å². The van der Waals surface area contributed by atoms with Gasteiger partial charge in [-0.3, -0.25) is 9.69 Å². The number of Topliss-reactive ketones (excluding diaryl/α,β-unsaturated/α-hetero) is 1. The summed E-state index contributed by atoms with van der Waals surface area (Å²) in [5, 5.41) is 12.3. The molecule has 4 nitrogen and oxygen atoms in total. The van der Waals surface area contributed by atoms with E-state index >= 15 is 0 Å².